The molecule has 0 fully saturated rings. The van der Waals surface area contributed by atoms with Crippen molar-refractivity contribution in [1.29, 1.82) is 0 Å². The summed E-state index contributed by atoms with van der Waals surface area (Å²) in [5.41, 5.74) is 3.22. The molecule has 3 N–H and O–H groups in total. The average molecular weight is 294 g/mol. The normalized spacial score (nSPS) is 11.2. The van der Waals surface area contributed by atoms with Crippen LogP contribution < -0.4 is 16.2 Å². The summed E-state index contributed by atoms with van der Waals surface area (Å²) in [7, 11) is 5.30. The van der Waals surface area contributed by atoms with E-state index >= 15 is 0 Å². The molecule has 1 heterocycles. The zero-order valence-corrected chi connectivity index (χ0v) is 14.0. The Kier molecular flexibility index (Phi) is 5.11. The molecule has 0 saturated carbocycles. The predicted molar refractivity (Wildman–Crippen MR) is 85.2 cm³/mol. The van der Waals surface area contributed by atoms with Gasteiger partial charge in [0.15, 0.2) is 0 Å². The maximum absolute atomic E-state index is 11.9. The Morgan fingerprint density at radius 3 is 2.24 bits per heavy atom. The molecular formula is C14H26N6O. The molecule has 1 aromatic heterocycles. The predicted octanol–water partition coefficient (Wildman–Crippen LogP) is 0.893. The van der Waals surface area contributed by atoms with Gasteiger partial charge in [0.2, 0.25) is 5.91 Å². The first kappa shape index (κ1) is 17.2. The van der Waals surface area contributed by atoms with E-state index in [0.717, 1.165) is 5.56 Å². The standard InChI is InChI=1S/C14H26N6O/c1-9-11(18-15)16-13(14(2,3)4)17-12(9)20(7)8-10(21)19(5)6/h8,15H2,1-7H3,(H,16,17,18). The van der Waals surface area contributed by atoms with Gasteiger partial charge < -0.3 is 15.2 Å². The van der Waals surface area contributed by atoms with Crippen LogP contribution in [0.15, 0.2) is 0 Å². The smallest absolute Gasteiger partial charge is 0.241 e. The van der Waals surface area contributed by atoms with Crippen LogP contribution in [-0.4, -0.2) is 48.5 Å². The van der Waals surface area contributed by atoms with Crippen molar-refractivity contribution in [1.82, 2.24) is 14.9 Å². The van der Waals surface area contributed by atoms with Gasteiger partial charge in [-0.25, -0.2) is 15.8 Å². The lowest BCUT2D eigenvalue weighted by molar-refractivity contribution is -0.127. The van der Waals surface area contributed by atoms with Gasteiger partial charge in [-0.3, -0.25) is 4.79 Å². The van der Waals surface area contributed by atoms with Crippen molar-refractivity contribution in [3.63, 3.8) is 0 Å². The van der Waals surface area contributed by atoms with Gasteiger partial charge in [0.05, 0.1) is 6.54 Å². The van der Waals surface area contributed by atoms with Gasteiger partial charge in [0.25, 0.3) is 0 Å². The largest absolute Gasteiger partial charge is 0.350 e. The number of nitrogens with two attached hydrogens (primary N) is 1. The highest BCUT2D eigenvalue weighted by Gasteiger charge is 2.23. The van der Waals surface area contributed by atoms with Crippen LogP contribution in [-0.2, 0) is 10.2 Å². The molecule has 0 radical (unpaired) electrons. The number of nitrogen functional groups attached to an aromatic ring is 1. The number of hydrazine groups is 1. The number of carbonyl (C=O) groups is 1. The summed E-state index contributed by atoms with van der Waals surface area (Å²) in [4.78, 5) is 24.3. The van der Waals surface area contributed by atoms with E-state index in [1.807, 2.05) is 39.6 Å². The molecule has 1 aromatic rings. The number of hydrogen-bond donors (Lipinski definition) is 2. The molecule has 0 aliphatic rings. The average Bonchev–Trinajstić information content (AvgIpc) is 2.37. The van der Waals surface area contributed by atoms with Crippen LogP contribution >= 0.6 is 0 Å². The molecule has 0 spiro atoms. The summed E-state index contributed by atoms with van der Waals surface area (Å²) in [6.07, 6.45) is 0. The third-order valence-electron chi connectivity index (χ3n) is 3.16. The highest BCUT2D eigenvalue weighted by Crippen LogP contribution is 2.27. The van der Waals surface area contributed by atoms with E-state index < -0.39 is 0 Å². The highest BCUT2D eigenvalue weighted by molar-refractivity contribution is 5.81. The summed E-state index contributed by atoms with van der Waals surface area (Å²) in [6, 6.07) is 0. The Balaban J connectivity index is 3.24. The van der Waals surface area contributed by atoms with E-state index in [-0.39, 0.29) is 17.9 Å². The molecule has 1 rings (SSSR count). The number of rotatable bonds is 4. The summed E-state index contributed by atoms with van der Waals surface area (Å²) in [5.74, 6) is 7.52. The van der Waals surface area contributed by atoms with Crippen LogP contribution in [0.25, 0.3) is 0 Å². The number of carbonyl (C=O) groups excluding carboxylic acids is 1. The molecule has 21 heavy (non-hydrogen) atoms. The van der Waals surface area contributed by atoms with Gasteiger partial charge >= 0.3 is 0 Å². The number of amides is 1. The zero-order valence-electron chi connectivity index (χ0n) is 14.0. The second kappa shape index (κ2) is 6.26. The topological polar surface area (TPSA) is 87.4 Å². The monoisotopic (exact) mass is 294 g/mol. The molecule has 0 aliphatic carbocycles. The fourth-order valence-corrected chi connectivity index (χ4v) is 1.77. The Bertz CT molecular complexity index is 521. The highest BCUT2D eigenvalue weighted by atomic mass is 16.2. The minimum Gasteiger partial charge on any atom is -0.350 e. The quantitative estimate of drug-likeness (QED) is 0.633. The molecule has 0 saturated heterocycles. The van der Waals surface area contributed by atoms with Crippen molar-refractivity contribution in [2.75, 3.05) is 38.0 Å². The van der Waals surface area contributed by atoms with Gasteiger partial charge in [-0.15, -0.1) is 0 Å². The first-order valence-electron chi connectivity index (χ1n) is 6.85. The Labute approximate surface area is 126 Å². The fourth-order valence-electron chi connectivity index (χ4n) is 1.77. The summed E-state index contributed by atoms with van der Waals surface area (Å²) in [5, 5.41) is 0. The maximum atomic E-state index is 11.9. The van der Waals surface area contributed by atoms with Crippen LogP contribution in [0, 0.1) is 6.92 Å². The zero-order chi connectivity index (χ0) is 16.4. The molecule has 0 atom stereocenters. The third-order valence-corrected chi connectivity index (χ3v) is 3.16. The molecule has 118 valence electrons. The number of likely N-dealkylation sites (N-methyl/N-ethyl adjacent to an activating group) is 2. The van der Waals surface area contributed by atoms with Crippen molar-refractivity contribution < 1.29 is 4.79 Å². The van der Waals surface area contributed by atoms with Crippen molar-refractivity contribution in [2.24, 2.45) is 5.84 Å². The van der Waals surface area contributed by atoms with Crippen LogP contribution in [0.2, 0.25) is 0 Å². The van der Waals surface area contributed by atoms with Gasteiger partial charge in [-0.1, -0.05) is 20.8 Å². The Hall–Kier alpha value is -1.89. The van der Waals surface area contributed by atoms with Crippen LogP contribution in [0.5, 0.6) is 0 Å². The van der Waals surface area contributed by atoms with E-state index in [4.69, 9.17) is 5.84 Å². The second-order valence-electron chi connectivity index (χ2n) is 6.38. The van der Waals surface area contributed by atoms with Gasteiger partial charge in [-0.2, -0.15) is 0 Å². The summed E-state index contributed by atoms with van der Waals surface area (Å²) >= 11 is 0. The Morgan fingerprint density at radius 1 is 1.24 bits per heavy atom. The first-order valence-corrected chi connectivity index (χ1v) is 6.85. The molecular weight excluding hydrogens is 268 g/mol. The number of nitrogens with zero attached hydrogens (tertiary/aromatic N) is 4. The van der Waals surface area contributed by atoms with E-state index in [9.17, 15) is 4.79 Å². The lowest BCUT2D eigenvalue weighted by Crippen LogP contribution is -2.35. The summed E-state index contributed by atoms with van der Waals surface area (Å²) in [6.45, 7) is 8.23. The first-order chi connectivity index (χ1) is 9.57. The molecule has 1 amide bonds. The maximum Gasteiger partial charge on any atom is 0.241 e. The van der Waals surface area contributed by atoms with Gasteiger partial charge in [0, 0.05) is 32.1 Å². The van der Waals surface area contributed by atoms with E-state index in [0.29, 0.717) is 17.5 Å². The minimum atomic E-state index is -0.208. The van der Waals surface area contributed by atoms with Gasteiger partial charge in [0.1, 0.15) is 17.5 Å². The molecule has 0 aromatic carbocycles. The van der Waals surface area contributed by atoms with E-state index in [1.54, 1.807) is 19.0 Å². The van der Waals surface area contributed by atoms with Crippen LogP contribution in [0.4, 0.5) is 11.6 Å². The van der Waals surface area contributed by atoms with Crippen LogP contribution in [0.3, 0.4) is 0 Å². The molecule has 7 nitrogen and oxygen atoms in total. The number of hydrogen-bond acceptors (Lipinski definition) is 6. The number of anilines is 2. The summed E-state index contributed by atoms with van der Waals surface area (Å²) < 4.78 is 0. The molecule has 0 unspecified atom stereocenters. The molecule has 0 bridgehead atoms. The van der Waals surface area contributed by atoms with Crippen molar-refractivity contribution in [2.45, 2.75) is 33.1 Å². The Morgan fingerprint density at radius 2 is 1.81 bits per heavy atom. The lowest BCUT2D eigenvalue weighted by atomic mass is 9.95. The van der Waals surface area contributed by atoms with E-state index in [1.165, 1.54) is 0 Å². The van der Waals surface area contributed by atoms with Crippen molar-refractivity contribution in [3.8, 4) is 0 Å². The van der Waals surface area contributed by atoms with Gasteiger partial charge in [-0.05, 0) is 6.92 Å². The third kappa shape index (κ3) is 4.04. The number of aromatic nitrogens is 2. The van der Waals surface area contributed by atoms with Crippen LogP contribution in [0.1, 0.15) is 32.2 Å². The lowest BCUT2D eigenvalue weighted by Gasteiger charge is -2.25. The molecule has 7 heteroatoms. The van der Waals surface area contributed by atoms with Crippen molar-refractivity contribution >= 4 is 17.5 Å². The number of nitrogens with one attached hydrogen (secondary N) is 1. The van der Waals surface area contributed by atoms with E-state index in [2.05, 4.69) is 15.4 Å². The van der Waals surface area contributed by atoms with Crippen molar-refractivity contribution in [3.05, 3.63) is 11.4 Å². The minimum absolute atomic E-state index is 0.00933. The SMILES string of the molecule is Cc1c(NN)nc(C(C)(C)C)nc1N(C)CC(=O)N(C)C. The second-order valence-corrected chi connectivity index (χ2v) is 6.38. The molecule has 0 aliphatic heterocycles. The fraction of sp³-hybridized carbons (Fsp3) is 0.643.